The van der Waals surface area contributed by atoms with Crippen LogP contribution in [-0.4, -0.2) is 22.3 Å². The summed E-state index contributed by atoms with van der Waals surface area (Å²) in [5, 5.41) is 0. The Morgan fingerprint density at radius 1 is 1.67 bits per heavy atom. The summed E-state index contributed by atoms with van der Waals surface area (Å²) in [4.78, 5) is 10.4. The zero-order valence-electron chi connectivity index (χ0n) is 5.60. The number of carbonyl (C=O) groups is 1. The average molecular weight is 141 g/mol. The molecule has 0 unspecified atom stereocenters. The van der Waals surface area contributed by atoms with Crippen molar-refractivity contribution in [2.75, 3.05) is 6.23 Å². The molecule has 0 amide bonds. The average Bonchev–Trinajstić information content (AvgIpc) is 1.63. The highest BCUT2D eigenvalue weighted by Crippen LogP contribution is 1.92. The Morgan fingerprint density at radius 2 is 2.22 bits per heavy atom. The smallest absolute Gasteiger partial charge is 0.155 e. The summed E-state index contributed by atoms with van der Waals surface area (Å²) in [6.07, 6.45) is 1.87. The van der Waals surface area contributed by atoms with Gasteiger partial charge in [-0.15, -0.1) is 0 Å². The van der Waals surface area contributed by atoms with Crippen molar-refractivity contribution in [3.8, 4) is 0 Å². The molecule has 0 spiro atoms. The van der Waals surface area contributed by atoms with Gasteiger partial charge in [-0.2, -0.15) is 0 Å². The van der Waals surface area contributed by atoms with Crippen molar-refractivity contribution >= 4 is 16.0 Å². The summed E-state index contributed by atoms with van der Waals surface area (Å²) < 4.78 is 4.91. The number of carbonyl (C=O) groups excluding carboxylic acids is 1. The van der Waals surface area contributed by atoms with Crippen molar-refractivity contribution in [3.05, 3.63) is 11.8 Å². The lowest BCUT2D eigenvalue weighted by molar-refractivity contribution is -0.112. The van der Waals surface area contributed by atoms with Crippen LogP contribution in [0.4, 0.5) is 0 Å². The molecule has 49 valence electrons. The van der Waals surface area contributed by atoms with E-state index in [1.165, 1.54) is 13.0 Å². The first-order chi connectivity index (χ1) is 4.16. The van der Waals surface area contributed by atoms with E-state index >= 15 is 0 Å². The maximum atomic E-state index is 10.4. The quantitative estimate of drug-likeness (QED) is 0.327. The van der Waals surface area contributed by atoms with E-state index in [-0.39, 0.29) is 5.78 Å². The van der Waals surface area contributed by atoms with Gasteiger partial charge < -0.3 is 4.74 Å². The van der Waals surface area contributed by atoms with Crippen LogP contribution in [0.2, 0.25) is 0 Å². The summed E-state index contributed by atoms with van der Waals surface area (Å²) >= 11 is 0. The van der Waals surface area contributed by atoms with Crippen molar-refractivity contribution < 1.29 is 9.53 Å². The number of ketones is 1. The monoisotopic (exact) mass is 141 g/mol. The van der Waals surface area contributed by atoms with E-state index in [9.17, 15) is 4.79 Å². The third-order valence-electron chi connectivity index (χ3n) is 0.706. The highest BCUT2D eigenvalue weighted by Gasteiger charge is 1.88. The predicted molar refractivity (Wildman–Crippen MR) is 36.1 cm³/mol. The van der Waals surface area contributed by atoms with Crippen LogP contribution in [0.1, 0.15) is 13.8 Å². The van der Waals surface area contributed by atoms with Gasteiger partial charge in [-0.25, -0.2) is 0 Å². The Kier molecular flexibility index (Phi) is 4.04. The van der Waals surface area contributed by atoms with E-state index in [0.29, 0.717) is 12.0 Å². The molecule has 0 saturated carbocycles. The minimum atomic E-state index is 0.00705. The van der Waals surface area contributed by atoms with Gasteiger partial charge >= 0.3 is 0 Å². The van der Waals surface area contributed by atoms with Crippen LogP contribution in [0.25, 0.3) is 0 Å². The molecule has 9 heavy (non-hydrogen) atoms. The second kappa shape index (κ2) is 4.32. The van der Waals surface area contributed by atoms with Gasteiger partial charge in [-0.05, 0) is 13.8 Å². The van der Waals surface area contributed by atoms with Crippen LogP contribution in [0.15, 0.2) is 11.8 Å². The molecule has 3 heteroatoms. The molecule has 0 fully saturated rings. The molecule has 0 aromatic carbocycles. The lowest BCUT2D eigenvalue weighted by atomic mass is 10.4. The molecule has 0 aromatic rings. The van der Waals surface area contributed by atoms with Crippen molar-refractivity contribution in [1.82, 2.24) is 0 Å². The molecule has 0 N–H and O–H groups in total. The molecular weight excluding hydrogens is 132 g/mol. The van der Waals surface area contributed by atoms with Gasteiger partial charge in [0.05, 0.1) is 22.2 Å². The van der Waals surface area contributed by atoms with Gasteiger partial charge in [0.15, 0.2) is 5.78 Å². The van der Waals surface area contributed by atoms with Crippen LogP contribution >= 0.6 is 0 Å². The van der Waals surface area contributed by atoms with E-state index in [2.05, 4.69) is 10.2 Å². The maximum absolute atomic E-state index is 10.4. The second-order valence-electron chi connectivity index (χ2n) is 1.65. The zero-order valence-corrected chi connectivity index (χ0v) is 6.60. The van der Waals surface area contributed by atoms with Gasteiger partial charge in [0.25, 0.3) is 0 Å². The Labute approximate surface area is 58.3 Å². The van der Waals surface area contributed by atoms with Crippen molar-refractivity contribution in [2.24, 2.45) is 0 Å². The van der Waals surface area contributed by atoms with Crippen molar-refractivity contribution in [2.45, 2.75) is 13.8 Å². The lowest BCUT2D eigenvalue weighted by Gasteiger charge is -1.99. The Bertz CT molecular complexity index is 129. The van der Waals surface area contributed by atoms with Gasteiger partial charge in [-0.1, -0.05) is 0 Å². The minimum Gasteiger partial charge on any atom is -0.503 e. The summed E-state index contributed by atoms with van der Waals surface area (Å²) in [5.41, 5.74) is 0. The molecule has 0 rings (SSSR count). The first-order valence-corrected chi connectivity index (χ1v) is 3.33. The lowest BCUT2D eigenvalue weighted by Crippen LogP contribution is -1.93. The molecule has 0 atom stereocenters. The molecule has 0 bridgehead atoms. The van der Waals surface area contributed by atoms with Gasteiger partial charge in [0, 0.05) is 6.08 Å². The third-order valence-corrected chi connectivity index (χ3v) is 0.851. The first-order valence-electron chi connectivity index (χ1n) is 2.63. The van der Waals surface area contributed by atoms with Crippen LogP contribution in [0.5, 0.6) is 0 Å². The number of rotatable bonds is 3. The zero-order chi connectivity index (χ0) is 7.28. The van der Waals surface area contributed by atoms with E-state index in [0.717, 1.165) is 0 Å². The normalized spacial score (nSPS) is 11.2. The standard InChI is InChI=1S/C6H9O2Si/c1-5(7)3-6(2)8-4-9/h3H,4H2,1-2H3/b6-3-. The van der Waals surface area contributed by atoms with Gasteiger partial charge in [0.1, 0.15) is 0 Å². The van der Waals surface area contributed by atoms with Crippen LogP contribution in [0, 0.1) is 0 Å². The fourth-order valence-corrected chi connectivity index (χ4v) is 0.669. The molecule has 0 aliphatic heterocycles. The highest BCUT2D eigenvalue weighted by atomic mass is 28.1. The van der Waals surface area contributed by atoms with E-state index in [1.807, 2.05) is 0 Å². The van der Waals surface area contributed by atoms with Gasteiger partial charge in [0.2, 0.25) is 0 Å². The fourth-order valence-electron chi connectivity index (χ4n) is 0.442. The molecule has 0 aromatic heterocycles. The van der Waals surface area contributed by atoms with Crippen LogP contribution < -0.4 is 0 Å². The Hall–Kier alpha value is -0.573. The third kappa shape index (κ3) is 5.30. The van der Waals surface area contributed by atoms with Crippen LogP contribution in [0.3, 0.4) is 0 Å². The Morgan fingerprint density at radius 3 is 2.56 bits per heavy atom. The summed E-state index contributed by atoms with van der Waals surface area (Å²) in [6.45, 7) is 3.22. The van der Waals surface area contributed by atoms with E-state index < -0.39 is 0 Å². The molecule has 0 aliphatic carbocycles. The van der Waals surface area contributed by atoms with Crippen molar-refractivity contribution in [1.29, 1.82) is 0 Å². The van der Waals surface area contributed by atoms with Crippen molar-refractivity contribution in [3.63, 3.8) is 0 Å². The highest BCUT2D eigenvalue weighted by molar-refractivity contribution is 6.08. The first kappa shape index (κ1) is 8.43. The number of hydrogen-bond acceptors (Lipinski definition) is 2. The predicted octanol–water partition coefficient (Wildman–Crippen LogP) is 0.622. The van der Waals surface area contributed by atoms with Crippen LogP contribution in [-0.2, 0) is 9.53 Å². The second-order valence-corrected chi connectivity index (χ2v) is 1.94. The molecule has 0 saturated heterocycles. The number of allylic oxidation sites excluding steroid dienone is 2. The summed E-state index contributed by atoms with van der Waals surface area (Å²) in [7, 11) is 3.11. The molecule has 2 nitrogen and oxygen atoms in total. The van der Waals surface area contributed by atoms with E-state index in [1.54, 1.807) is 6.92 Å². The molecule has 3 radical (unpaired) electrons. The fraction of sp³-hybridized carbons (Fsp3) is 0.500. The molecule has 0 aliphatic rings. The number of ether oxygens (including phenoxy) is 1. The maximum Gasteiger partial charge on any atom is 0.155 e. The SMILES string of the molecule is CC(=O)/C=C(/C)OC[Si]. The Balaban J connectivity index is 3.69. The van der Waals surface area contributed by atoms with Gasteiger partial charge in [-0.3, -0.25) is 4.79 Å². The minimum absolute atomic E-state index is 0.00705. The largest absolute Gasteiger partial charge is 0.503 e. The molecular formula is C6H9O2Si. The van der Waals surface area contributed by atoms with E-state index in [4.69, 9.17) is 4.74 Å². The number of hydrogen-bond donors (Lipinski definition) is 0. The summed E-state index contributed by atoms with van der Waals surface area (Å²) in [6, 6.07) is 0. The topological polar surface area (TPSA) is 26.3 Å². The summed E-state index contributed by atoms with van der Waals surface area (Å²) in [5.74, 6) is 0.644. The molecule has 0 heterocycles.